The van der Waals surface area contributed by atoms with Crippen LogP contribution in [0, 0.1) is 0 Å². The molecule has 1 rings (SSSR count). The number of aromatic nitrogens is 1. The zero-order chi connectivity index (χ0) is 12.1. The molecule has 1 aromatic heterocycles. The van der Waals surface area contributed by atoms with E-state index in [-0.39, 0.29) is 6.54 Å². The summed E-state index contributed by atoms with van der Waals surface area (Å²) in [5.74, 6) is 0.335. The minimum atomic E-state index is -2.33. The number of hydrogen-bond donors (Lipinski definition) is 1. The van der Waals surface area contributed by atoms with Gasteiger partial charge in [-0.15, -0.1) is 0 Å². The third kappa shape index (κ3) is 4.14. The fraction of sp³-hybridized carbons (Fsp3) is 0.545. The fourth-order valence-electron chi connectivity index (χ4n) is 1.25. The molecule has 0 saturated carbocycles. The van der Waals surface area contributed by atoms with Gasteiger partial charge in [-0.1, -0.05) is 13.8 Å². The van der Waals surface area contributed by atoms with Crippen molar-refractivity contribution < 1.29 is 8.78 Å². The van der Waals surface area contributed by atoms with Crippen LogP contribution in [0.2, 0.25) is 0 Å². The highest BCUT2D eigenvalue weighted by atomic mass is 79.9. The van der Waals surface area contributed by atoms with Crippen molar-refractivity contribution in [3.8, 4) is 0 Å². The molecule has 0 aliphatic heterocycles. The molecule has 0 atom stereocenters. The van der Waals surface area contributed by atoms with Gasteiger partial charge < -0.3 is 5.32 Å². The van der Waals surface area contributed by atoms with Gasteiger partial charge in [-0.25, -0.2) is 8.78 Å². The van der Waals surface area contributed by atoms with E-state index in [4.69, 9.17) is 0 Å². The molecule has 2 nitrogen and oxygen atoms in total. The van der Waals surface area contributed by atoms with Crippen LogP contribution in [0.5, 0.6) is 0 Å². The van der Waals surface area contributed by atoms with E-state index in [0.29, 0.717) is 12.5 Å². The zero-order valence-electron chi connectivity index (χ0n) is 9.30. The summed E-state index contributed by atoms with van der Waals surface area (Å²) >= 11 is 3.36. The van der Waals surface area contributed by atoms with E-state index in [1.54, 1.807) is 0 Å². The monoisotopic (exact) mass is 292 g/mol. The van der Waals surface area contributed by atoms with Crippen molar-refractivity contribution in [3.63, 3.8) is 0 Å². The van der Waals surface area contributed by atoms with Crippen molar-refractivity contribution in [3.05, 3.63) is 28.0 Å². The molecule has 1 N–H and O–H groups in total. The van der Waals surface area contributed by atoms with E-state index < -0.39 is 6.43 Å². The highest BCUT2D eigenvalue weighted by Gasteiger charge is 2.07. The molecule has 0 radical (unpaired) electrons. The van der Waals surface area contributed by atoms with Gasteiger partial charge in [0.1, 0.15) is 0 Å². The minimum absolute atomic E-state index is 0.306. The molecule has 0 fully saturated rings. The van der Waals surface area contributed by atoms with Crippen LogP contribution >= 0.6 is 15.9 Å². The molecular weight excluding hydrogens is 278 g/mol. The largest absolute Gasteiger partial charge is 0.306 e. The first-order valence-electron chi connectivity index (χ1n) is 5.15. The number of pyridine rings is 1. The second kappa shape index (κ2) is 6.25. The van der Waals surface area contributed by atoms with Crippen LogP contribution in [-0.2, 0) is 6.54 Å². The summed E-state index contributed by atoms with van der Waals surface area (Å²) in [7, 11) is 0. The molecular formula is C11H15BrF2N2. The lowest BCUT2D eigenvalue weighted by atomic mass is 10.1. The standard InChI is InChI=1S/C11H15BrF2N2/c1-7(2)9-4-3-8(12)10(16-9)5-15-6-11(13)14/h3-4,7,11,15H,5-6H2,1-2H3. The summed E-state index contributed by atoms with van der Waals surface area (Å²) in [4.78, 5) is 4.41. The van der Waals surface area contributed by atoms with E-state index in [1.807, 2.05) is 26.0 Å². The molecule has 0 bridgehead atoms. The number of nitrogens with zero attached hydrogens (tertiary/aromatic N) is 1. The first-order valence-corrected chi connectivity index (χ1v) is 5.94. The first kappa shape index (κ1) is 13.5. The van der Waals surface area contributed by atoms with Gasteiger partial charge in [0.25, 0.3) is 6.43 Å². The van der Waals surface area contributed by atoms with Crippen LogP contribution in [-0.4, -0.2) is 18.0 Å². The molecule has 0 spiro atoms. The molecule has 1 aromatic rings. The zero-order valence-corrected chi connectivity index (χ0v) is 10.9. The van der Waals surface area contributed by atoms with E-state index in [0.717, 1.165) is 15.9 Å². The minimum Gasteiger partial charge on any atom is -0.306 e. The van der Waals surface area contributed by atoms with Crippen molar-refractivity contribution in [1.82, 2.24) is 10.3 Å². The first-order chi connectivity index (χ1) is 7.50. The number of nitrogens with one attached hydrogen (secondary N) is 1. The Balaban J connectivity index is 2.67. The Morgan fingerprint density at radius 1 is 1.38 bits per heavy atom. The molecule has 0 amide bonds. The van der Waals surface area contributed by atoms with E-state index >= 15 is 0 Å². The van der Waals surface area contributed by atoms with Gasteiger partial charge in [0.05, 0.1) is 12.2 Å². The van der Waals surface area contributed by atoms with E-state index in [9.17, 15) is 8.78 Å². The third-order valence-corrected chi connectivity index (χ3v) is 2.84. The van der Waals surface area contributed by atoms with E-state index in [2.05, 4.69) is 26.2 Å². The lowest BCUT2D eigenvalue weighted by Crippen LogP contribution is -2.21. The van der Waals surface area contributed by atoms with Crippen molar-refractivity contribution in [2.75, 3.05) is 6.54 Å². The Kier molecular flexibility index (Phi) is 5.28. The maximum absolute atomic E-state index is 12.0. The SMILES string of the molecule is CC(C)c1ccc(Br)c(CNCC(F)F)n1. The predicted molar refractivity (Wildman–Crippen MR) is 63.7 cm³/mol. The second-order valence-electron chi connectivity index (χ2n) is 3.84. The third-order valence-electron chi connectivity index (χ3n) is 2.12. The normalized spacial score (nSPS) is 11.4. The second-order valence-corrected chi connectivity index (χ2v) is 4.70. The van der Waals surface area contributed by atoms with Crippen molar-refractivity contribution in [2.24, 2.45) is 0 Å². The lowest BCUT2D eigenvalue weighted by Gasteiger charge is -2.10. The van der Waals surface area contributed by atoms with Gasteiger partial charge in [0.2, 0.25) is 0 Å². The summed E-state index contributed by atoms with van der Waals surface area (Å²) in [6.45, 7) is 4.14. The lowest BCUT2D eigenvalue weighted by molar-refractivity contribution is 0.145. The maximum atomic E-state index is 12.0. The Bertz CT molecular complexity index is 343. The Hall–Kier alpha value is -0.550. The quantitative estimate of drug-likeness (QED) is 0.900. The van der Waals surface area contributed by atoms with Crippen LogP contribution in [0.4, 0.5) is 8.78 Å². The van der Waals surface area contributed by atoms with Crippen LogP contribution in [0.25, 0.3) is 0 Å². The van der Waals surface area contributed by atoms with Gasteiger partial charge in [-0.3, -0.25) is 4.98 Å². The number of rotatable bonds is 5. The van der Waals surface area contributed by atoms with Crippen molar-refractivity contribution in [2.45, 2.75) is 32.7 Å². The number of halogens is 3. The Morgan fingerprint density at radius 3 is 2.62 bits per heavy atom. The van der Waals surface area contributed by atoms with Gasteiger partial charge in [-0.05, 0) is 34.0 Å². The molecule has 0 saturated heterocycles. The molecule has 0 aliphatic rings. The smallest absolute Gasteiger partial charge is 0.250 e. The molecule has 0 aromatic carbocycles. The average Bonchev–Trinajstić information content (AvgIpc) is 2.20. The molecule has 90 valence electrons. The number of hydrogen-bond acceptors (Lipinski definition) is 2. The fourth-order valence-corrected chi connectivity index (χ4v) is 1.61. The molecule has 0 unspecified atom stereocenters. The van der Waals surface area contributed by atoms with Gasteiger partial charge in [0, 0.05) is 16.7 Å². The van der Waals surface area contributed by atoms with Gasteiger partial charge >= 0.3 is 0 Å². The summed E-state index contributed by atoms with van der Waals surface area (Å²) in [6.07, 6.45) is -2.33. The van der Waals surface area contributed by atoms with Gasteiger partial charge in [-0.2, -0.15) is 0 Å². The van der Waals surface area contributed by atoms with E-state index in [1.165, 1.54) is 0 Å². The molecule has 1 heterocycles. The molecule has 5 heteroatoms. The Morgan fingerprint density at radius 2 is 2.06 bits per heavy atom. The van der Waals surface area contributed by atoms with Crippen LogP contribution in [0.3, 0.4) is 0 Å². The molecule has 16 heavy (non-hydrogen) atoms. The summed E-state index contributed by atoms with van der Waals surface area (Å²) in [5, 5.41) is 2.67. The number of alkyl halides is 2. The average molecular weight is 293 g/mol. The van der Waals surface area contributed by atoms with Crippen LogP contribution in [0.15, 0.2) is 16.6 Å². The Labute approximate surface area is 103 Å². The molecule has 0 aliphatic carbocycles. The summed E-state index contributed by atoms with van der Waals surface area (Å²) < 4.78 is 24.7. The highest BCUT2D eigenvalue weighted by Crippen LogP contribution is 2.19. The van der Waals surface area contributed by atoms with Crippen LogP contribution < -0.4 is 5.32 Å². The van der Waals surface area contributed by atoms with Crippen LogP contribution in [0.1, 0.15) is 31.2 Å². The maximum Gasteiger partial charge on any atom is 0.250 e. The topological polar surface area (TPSA) is 24.9 Å². The van der Waals surface area contributed by atoms with Crippen molar-refractivity contribution >= 4 is 15.9 Å². The predicted octanol–water partition coefficient (Wildman–Crippen LogP) is 3.32. The highest BCUT2D eigenvalue weighted by molar-refractivity contribution is 9.10. The van der Waals surface area contributed by atoms with Gasteiger partial charge in [0.15, 0.2) is 0 Å². The summed E-state index contributed by atoms with van der Waals surface area (Å²) in [6, 6.07) is 3.84. The van der Waals surface area contributed by atoms with Crippen molar-refractivity contribution in [1.29, 1.82) is 0 Å². The summed E-state index contributed by atoms with van der Waals surface area (Å²) in [5.41, 5.74) is 1.74.